The molecule has 3 rings (SSSR count). The fourth-order valence-corrected chi connectivity index (χ4v) is 2.73. The number of halogens is 5. The first-order valence-electron chi connectivity index (χ1n) is 7.68. The van der Waals surface area contributed by atoms with E-state index in [2.05, 4.69) is 31.3 Å². The number of hydrogen-bond donors (Lipinski definition) is 1. The molecule has 3 aromatic rings. The lowest BCUT2D eigenvalue weighted by Crippen LogP contribution is -2.22. The first-order valence-corrected chi connectivity index (χ1v) is 8.47. The molecule has 0 aliphatic rings. The fraction of sp³-hybridized carbons (Fsp3) is 0.118. The Morgan fingerprint density at radius 2 is 2.00 bits per heavy atom. The summed E-state index contributed by atoms with van der Waals surface area (Å²) in [4.78, 5) is 15.9. The summed E-state index contributed by atoms with van der Waals surface area (Å²) in [6.07, 6.45) is -2.10. The lowest BCUT2D eigenvalue weighted by atomic mass is 10.1. The maximum absolute atomic E-state index is 13.1. The van der Waals surface area contributed by atoms with Gasteiger partial charge < -0.3 is 10.1 Å². The number of ether oxygens (including phenoxy) is 1. The van der Waals surface area contributed by atoms with Crippen LogP contribution in [0.1, 0.15) is 5.56 Å². The quantitative estimate of drug-likeness (QED) is 0.581. The van der Waals surface area contributed by atoms with Crippen molar-refractivity contribution in [1.29, 1.82) is 0 Å². The van der Waals surface area contributed by atoms with Crippen molar-refractivity contribution in [1.82, 2.24) is 14.8 Å². The van der Waals surface area contributed by atoms with Gasteiger partial charge in [-0.3, -0.25) is 4.79 Å². The van der Waals surface area contributed by atoms with Crippen LogP contribution < -0.4 is 10.1 Å². The van der Waals surface area contributed by atoms with Gasteiger partial charge in [0.25, 0.3) is 5.91 Å². The molecule has 1 N–H and O–H groups in total. The predicted octanol–water partition coefficient (Wildman–Crippen LogP) is 4.21. The Bertz CT molecular complexity index is 993. The first-order chi connectivity index (χ1) is 13.2. The zero-order valence-electron chi connectivity index (χ0n) is 13.9. The summed E-state index contributed by atoms with van der Waals surface area (Å²) in [6.45, 7) is -0.503. The molecule has 0 fully saturated rings. The van der Waals surface area contributed by atoms with Crippen LogP contribution in [-0.2, 0) is 11.0 Å². The van der Waals surface area contributed by atoms with E-state index >= 15 is 0 Å². The Balaban J connectivity index is 1.80. The molecule has 11 heteroatoms. The lowest BCUT2D eigenvalue weighted by Gasteiger charge is -2.15. The molecule has 0 aliphatic heterocycles. The van der Waals surface area contributed by atoms with Crippen molar-refractivity contribution in [3.63, 3.8) is 0 Å². The van der Waals surface area contributed by atoms with Gasteiger partial charge in [0, 0.05) is 0 Å². The van der Waals surface area contributed by atoms with Gasteiger partial charge >= 0.3 is 6.18 Å². The van der Waals surface area contributed by atoms with E-state index in [1.807, 2.05) is 0 Å². The smallest absolute Gasteiger partial charge is 0.416 e. The van der Waals surface area contributed by atoms with Gasteiger partial charge in [-0.25, -0.2) is 14.1 Å². The van der Waals surface area contributed by atoms with Crippen LogP contribution >= 0.6 is 15.9 Å². The number of benzene rings is 2. The van der Waals surface area contributed by atoms with Crippen LogP contribution in [0.4, 0.5) is 23.2 Å². The molecule has 1 aromatic heterocycles. The zero-order valence-corrected chi connectivity index (χ0v) is 15.5. The maximum atomic E-state index is 13.1. The molecule has 0 bridgehead atoms. The molecule has 0 aliphatic carbocycles. The van der Waals surface area contributed by atoms with E-state index < -0.39 is 30.1 Å². The summed E-state index contributed by atoms with van der Waals surface area (Å²) >= 11 is 3.09. The summed E-state index contributed by atoms with van der Waals surface area (Å²) in [5.74, 6) is -1.00. The maximum Gasteiger partial charge on any atom is 0.416 e. The summed E-state index contributed by atoms with van der Waals surface area (Å²) < 4.78 is 58.9. The second-order valence-corrected chi connectivity index (χ2v) is 6.34. The molecule has 146 valence electrons. The third kappa shape index (κ3) is 4.66. The predicted molar refractivity (Wildman–Crippen MR) is 94.6 cm³/mol. The van der Waals surface area contributed by atoms with Gasteiger partial charge in [0.1, 0.15) is 24.2 Å². The van der Waals surface area contributed by atoms with Gasteiger partial charge in [-0.05, 0) is 52.3 Å². The largest absolute Gasteiger partial charge is 0.483 e. The number of aromatic nitrogens is 3. The second kappa shape index (κ2) is 7.97. The van der Waals surface area contributed by atoms with E-state index in [1.54, 1.807) is 0 Å². The molecule has 6 nitrogen and oxygen atoms in total. The normalized spacial score (nSPS) is 11.3. The SMILES string of the molecule is O=C(COc1ccc(F)cc1Br)Nc1cc(C(F)(F)F)ccc1-n1cncn1. The van der Waals surface area contributed by atoms with Crippen molar-refractivity contribution in [3.8, 4) is 11.4 Å². The minimum absolute atomic E-state index is 0.118. The van der Waals surface area contributed by atoms with Crippen molar-refractivity contribution >= 4 is 27.5 Å². The van der Waals surface area contributed by atoms with Gasteiger partial charge in [0.15, 0.2) is 6.61 Å². The monoisotopic (exact) mass is 458 g/mol. The van der Waals surface area contributed by atoms with Crippen molar-refractivity contribution in [2.75, 3.05) is 11.9 Å². The Hall–Kier alpha value is -2.95. The Kier molecular flexibility index (Phi) is 5.63. The lowest BCUT2D eigenvalue weighted by molar-refractivity contribution is -0.137. The fourth-order valence-electron chi connectivity index (χ4n) is 2.27. The molecule has 0 saturated heterocycles. The summed E-state index contributed by atoms with van der Waals surface area (Å²) in [6, 6.07) is 6.46. The number of carbonyl (C=O) groups is 1. The summed E-state index contributed by atoms with van der Waals surface area (Å²) in [5.41, 5.74) is -0.859. The number of hydrogen-bond acceptors (Lipinski definition) is 4. The van der Waals surface area contributed by atoms with E-state index in [0.717, 1.165) is 24.3 Å². The minimum Gasteiger partial charge on any atom is -0.483 e. The Labute approximate surface area is 164 Å². The van der Waals surface area contributed by atoms with E-state index in [-0.39, 0.29) is 17.1 Å². The third-order valence-corrected chi connectivity index (χ3v) is 4.14. The number of alkyl halides is 3. The highest BCUT2D eigenvalue weighted by Crippen LogP contribution is 2.33. The van der Waals surface area contributed by atoms with Gasteiger partial charge in [-0.2, -0.15) is 18.3 Å². The molecule has 0 saturated carbocycles. The number of nitrogens with one attached hydrogen (secondary N) is 1. The summed E-state index contributed by atoms with van der Waals surface area (Å²) in [7, 11) is 0. The average molecular weight is 459 g/mol. The Morgan fingerprint density at radius 1 is 1.21 bits per heavy atom. The number of carbonyl (C=O) groups excluding carboxylic acids is 1. The highest BCUT2D eigenvalue weighted by Gasteiger charge is 2.31. The highest BCUT2D eigenvalue weighted by atomic mass is 79.9. The molecule has 1 amide bonds. The van der Waals surface area contributed by atoms with Gasteiger partial charge in [0.2, 0.25) is 0 Å². The van der Waals surface area contributed by atoms with Crippen LogP contribution in [0, 0.1) is 5.82 Å². The molecule has 1 heterocycles. The van der Waals surface area contributed by atoms with Crippen molar-refractivity contribution < 1.29 is 27.1 Å². The number of anilines is 1. The van der Waals surface area contributed by atoms with Crippen molar-refractivity contribution in [2.24, 2.45) is 0 Å². The van der Waals surface area contributed by atoms with Crippen LogP contribution in [0.3, 0.4) is 0 Å². The van der Waals surface area contributed by atoms with Crippen LogP contribution in [-0.4, -0.2) is 27.3 Å². The molecular weight excluding hydrogens is 448 g/mol. The molecule has 28 heavy (non-hydrogen) atoms. The number of amides is 1. The van der Waals surface area contributed by atoms with Gasteiger partial charge in [0.05, 0.1) is 21.4 Å². The molecule has 0 radical (unpaired) electrons. The van der Waals surface area contributed by atoms with Crippen molar-refractivity contribution in [3.05, 3.63) is 64.9 Å². The van der Waals surface area contributed by atoms with E-state index in [9.17, 15) is 22.4 Å². The minimum atomic E-state index is -4.59. The second-order valence-electron chi connectivity index (χ2n) is 5.48. The average Bonchev–Trinajstić information content (AvgIpc) is 3.14. The molecule has 0 unspecified atom stereocenters. The van der Waals surface area contributed by atoms with Gasteiger partial charge in [-0.15, -0.1) is 0 Å². The number of rotatable bonds is 5. The van der Waals surface area contributed by atoms with E-state index in [1.165, 1.54) is 29.5 Å². The molecule has 2 aromatic carbocycles. The van der Waals surface area contributed by atoms with Crippen LogP contribution in [0.25, 0.3) is 5.69 Å². The third-order valence-electron chi connectivity index (χ3n) is 3.52. The molecule has 0 atom stereocenters. The van der Waals surface area contributed by atoms with Crippen LogP contribution in [0.2, 0.25) is 0 Å². The van der Waals surface area contributed by atoms with Crippen LogP contribution in [0.15, 0.2) is 53.5 Å². The molecule has 0 spiro atoms. The summed E-state index contributed by atoms with van der Waals surface area (Å²) in [5, 5.41) is 6.23. The van der Waals surface area contributed by atoms with Gasteiger partial charge in [-0.1, -0.05) is 0 Å². The standard InChI is InChI=1S/C17H11BrF4N4O2/c18-12-6-11(19)2-4-15(12)28-7-16(27)25-13-5-10(17(20,21)22)1-3-14(13)26-9-23-8-24-26/h1-6,8-9H,7H2,(H,25,27). The highest BCUT2D eigenvalue weighted by molar-refractivity contribution is 9.10. The van der Waals surface area contributed by atoms with Crippen molar-refractivity contribution in [2.45, 2.75) is 6.18 Å². The topological polar surface area (TPSA) is 69.0 Å². The Morgan fingerprint density at radius 3 is 2.64 bits per heavy atom. The van der Waals surface area contributed by atoms with E-state index in [4.69, 9.17) is 4.74 Å². The first kappa shape index (κ1) is 19.8. The zero-order chi connectivity index (χ0) is 20.3. The van der Waals surface area contributed by atoms with Crippen LogP contribution in [0.5, 0.6) is 5.75 Å². The van der Waals surface area contributed by atoms with E-state index in [0.29, 0.717) is 4.47 Å². The molecular formula is C17H11BrF4N4O2. The number of nitrogens with zero attached hydrogens (tertiary/aromatic N) is 3.